The van der Waals surface area contributed by atoms with Gasteiger partial charge in [0.05, 0.1) is 18.1 Å². The number of benzene rings is 2. The van der Waals surface area contributed by atoms with Gasteiger partial charge in [0.2, 0.25) is 0 Å². The van der Waals surface area contributed by atoms with Crippen molar-refractivity contribution in [2.75, 3.05) is 19.8 Å². The number of amides is 1. The van der Waals surface area contributed by atoms with E-state index in [1.165, 1.54) is 11.8 Å². The molecule has 4 nitrogen and oxygen atoms in total. The van der Waals surface area contributed by atoms with Crippen molar-refractivity contribution in [2.45, 2.75) is 6.42 Å². The van der Waals surface area contributed by atoms with Crippen LogP contribution in [0.2, 0.25) is 0 Å². The van der Waals surface area contributed by atoms with E-state index in [1.807, 2.05) is 60.7 Å². The molecule has 0 N–H and O–H groups in total. The Bertz CT molecular complexity index is 863. The fraction of sp³-hybridized carbons (Fsp3) is 0.182. The number of hydrogen-bond donors (Lipinski definition) is 0. The molecule has 1 fully saturated rings. The maximum absolute atomic E-state index is 12.3. The Balaban J connectivity index is 1.46. The lowest BCUT2D eigenvalue weighted by Gasteiger charge is -2.10. The Morgan fingerprint density at radius 2 is 1.64 bits per heavy atom. The summed E-state index contributed by atoms with van der Waals surface area (Å²) in [5, 5.41) is 0. The van der Waals surface area contributed by atoms with E-state index < -0.39 is 0 Å². The van der Waals surface area contributed by atoms with Gasteiger partial charge >= 0.3 is 0 Å². The lowest BCUT2D eigenvalue weighted by Crippen LogP contribution is -2.27. The molecule has 144 valence electrons. The molecule has 6 heteroatoms. The lowest BCUT2D eigenvalue weighted by atomic mass is 10.2. The lowest BCUT2D eigenvalue weighted by molar-refractivity contribution is -0.121. The number of thioether (sulfide) groups is 1. The summed E-state index contributed by atoms with van der Waals surface area (Å²) in [6, 6.07) is 17.4. The molecule has 3 rings (SSSR count). The number of ether oxygens (including phenoxy) is 2. The third-order valence-corrected chi connectivity index (χ3v) is 5.31. The molecule has 0 aliphatic carbocycles. The van der Waals surface area contributed by atoms with Crippen molar-refractivity contribution in [1.29, 1.82) is 0 Å². The summed E-state index contributed by atoms with van der Waals surface area (Å²) in [7, 11) is 0. The highest BCUT2D eigenvalue weighted by Gasteiger charge is 2.30. The fourth-order valence-electron chi connectivity index (χ4n) is 2.55. The van der Waals surface area contributed by atoms with Crippen molar-refractivity contribution < 1.29 is 14.3 Å². The van der Waals surface area contributed by atoms with Gasteiger partial charge in [0.15, 0.2) is 0 Å². The SMILES string of the molecule is C=CCN1C(=O)C(=Cc2ccc(OCCCOc3ccccc3)cc2)SC1=S. The summed E-state index contributed by atoms with van der Waals surface area (Å²) in [5.41, 5.74) is 0.930. The maximum Gasteiger partial charge on any atom is 0.266 e. The normalized spacial score (nSPS) is 15.1. The monoisotopic (exact) mass is 411 g/mol. The Kier molecular flexibility index (Phi) is 7.28. The van der Waals surface area contributed by atoms with Gasteiger partial charge in [-0.05, 0) is 35.9 Å². The first-order valence-electron chi connectivity index (χ1n) is 8.94. The molecule has 0 bridgehead atoms. The Hall–Kier alpha value is -2.57. The summed E-state index contributed by atoms with van der Waals surface area (Å²) < 4.78 is 11.9. The van der Waals surface area contributed by atoms with Crippen molar-refractivity contribution >= 4 is 40.3 Å². The third-order valence-electron chi connectivity index (χ3n) is 3.93. The predicted octanol–water partition coefficient (Wildman–Crippen LogP) is 4.92. The van der Waals surface area contributed by atoms with Gasteiger partial charge in [-0.1, -0.05) is 60.4 Å². The summed E-state index contributed by atoms with van der Waals surface area (Å²) in [6.07, 6.45) is 4.31. The van der Waals surface area contributed by atoms with Gasteiger partial charge in [0.1, 0.15) is 15.8 Å². The highest BCUT2D eigenvalue weighted by atomic mass is 32.2. The van der Waals surface area contributed by atoms with Gasteiger partial charge in [-0.25, -0.2) is 0 Å². The highest BCUT2D eigenvalue weighted by molar-refractivity contribution is 8.26. The summed E-state index contributed by atoms with van der Waals surface area (Å²) in [6.45, 7) is 5.27. The van der Waals surface area contributed by atoms with Gasteiger partial charge in [0, 0.05) is 13.0 Å². The molecule has 1 amide bonds. The molecule has 0 atom stereocenters. The third kappa shape index (κ3) is 5.47. The molecule has 1 aliphatic heterocycles. The molecule has 0 unspecified atom stereocenters. The van der Waals surface area contributed by atoms with E-state index in [4.69, 9.17) is 21.7 Å². The summed E-state index contributed by atoms with van der Waals surface area (Å²) in [5.74, 6) is 1.58. The zero-order valence-electron chi connectivity index (χ0n) is 15.4. The smallest absolute Gasteiger partial charge is 0.266 e. The van der Waals surface area contributed by atoms with E-state index in [1.54, 1.807) is 11.0 Å². The van der Waals surface area contributed by atoms with Crippen molar-refractivity contribution in [2.24, 2.45) is 0 Å². The zero-order valence-corrected chi connectivity index (χ0v) is 17.0. The van der Waals surface area contributed by atoms with Crippen LogP contribution in [0.15, 0.2) is 72.2 Å². The van der Waals surface area contributed by atoms with Crippen molar-refractivity contribution in [1.82, 2.24) is 4.90 Å². The molecule has 0 radical (unpaired) electrons. The van der Waals surface area contributed by atoms with Crippen molar-refractivity contribution in [3.63, 3.8) is 0 Å². The average Bonchev–Trinajstić information content (AvgIpc) is 2.97. The number of rotatable bonds is 9. The van der Waals surface area contributed by atoms with Crippen LogP contribution in [0.3, 0.4) is 0 Å². The van der Waals surface area contributed by atoms with E-state index >= 15 is 0 Å². The van der Waals surface area contributed by atoms with Crippen molar-refractivity contribution in [3.8, 4) is 11.5 Å². The van der Waals surface area contributed by atoms with Crippen LogP contribution < -0.4 is 9.47 Å². The molecule has 2 aromatic carbocycles. The largest absolute Gasteiger partial charge is 0.493 e. The second-order valence-electron chi connectivity index (χ2n) is 6.01. The fourth-order valence-corrected chi connectivity index (χ4v) is 3.83. The standard InChI is InChI=1S/C22H21NO3S2/c1-2-13-23-21(24)20(28-22(23)27)16-17-9-11-19(12-10-17)26-15-6-14-25-18-7-4-3-5-8-18/h2-5,7-12,16H,1,6,13-15H2. The molecule has 28 heavy (non-hydrogen) atoms. The van der Waals surface area contributed by atoms with E-state index in [2.05, 4.69) is 6.58 Å². The number of carbonyl (C=O) groups is 1. The van der Waals surface area contributed by atoms with Gasteiger partial charge < -0.3 is 9.47 Å². The van der Waals surface area contributed by atoms with Crippen molar-refractivity contribution in [3.05, 3.63) is 77.7 Å². The minimum Gasteiger partial charge on any atom is -0.493 e. The number of hydrogen-bond acceptors (Lipinski definition) is 5. The van der Waals surface area contributed by atoms with Crippen LogP contribution >= 0.6 is 24.0 Å². The summed E-state index contributed by atoms with van der Waals surface area (Å²) >= 11 is 6.56. The van der Waals surface area contributed by atoms with Crippen LogP contribution in [0.5, 0.6) is 11.5 Å². The number of thiocarbonyl (C=S) groups is 1. The molecular formula is C22H21NO3S2. The predicted molar refractivity (Wildman–Crippen MR) is 119 cm³/mol. The minimum absolute atomic E-state index is 0.0753. The average molecular weight is 412 g/mol. The Morgan fingerprint density at radius 3 is 2.29 bits per heavy atom. The first kappa shape index (κ1) is 20.2. The molecular weight excluding hydrogens is 390 g/mol. The second kappa shape index (κ2) is 10.1. The van der Waals surface area contributed by atoms with Crippen LogP contribution in [-0.4, -0.2) is 34.9 Å². The Labute approximate surface area is 174 Å². The van der Waals surface area contributed by atoms with Gasteiger partial charge in [-0.3, -0.25) is 9.69 Å². The quantitative estimate of drug-likeness (QED) is 0.253. The molecule has 0 aromatic heterocycles. The van der Waals surface area contributed by atoms with E-state index in [9.17, 15) is 4.79 Å². The molecule has 1 aliphatic rings. The molecule has 1 heterocycles. The molecule has 1 saturated heterocycles. The number of carbonyl (C=O) groups excluding carboxylic acids is 1. The van der Waals surface area contributed by atoms with Crippen LogP contribution in [-0.2, 0) is 4.79 Å². The van der Waals surface area contributed by atoms with Gasteiger partial charge in [0.25, 0.3) is 5.91 Å². The van der Waals surface area contributed by atoms with Crippen LogP contribution in [0.25, 0.3) is 6.08 Å². The number of nitrogens with zero attached hydrogens (tertiary/aromatic N) is 1. The molecule has 2 aromatic rings. The zero-order chi connectivity index (χ0) is 19.8. The van der Waals surface area contributed by atoms with Gasteiger partial charge in [-0.15, -0.1) is 6.58 Å². The van der Waals surface area contributed by atoms with Crippen LogP contribution in [0.1, 0.15) is 12.0 Å². The first-order valence-corrected chi connectivity index (χ1v) is 10.2. The maximum atomic E-state index is 12.3. The molecule has 0 spiro atoms. The minimum atomic E-state index is -0.0753. The highest BCUT2D eigenvalue weighted by Crippen LogP contribution is 2.32. The second-order valence-corrected chi connectivity index (χ2v) is 7.69. The van der Waals surface area contributed by atoms with Crippen LogP contribution in [0.4, 0.5) is 0 Å². The topological polar surface area (TPSA) is 38.8 Å². The van der Waals surface area contributed by atoms with Crippen LogP contribution in [0, 0.1) is 0 Å². The summed E-state index contributed by atoms with van der Waals surface area (Å²) in [4.78, 5) is 14.5. The van der Waals surface area contributed by atoms with E-state index in [-0.39, 0.29) is 5.91 Å². The number of para-hydroxylation sites is 1. The Morgan fingerprint density at radius 1 is 1.00 bits per heavy atom. The van der Waals surface area contributed by atoms with Gasteiger partial charge in [-0.2, -0.15) is 0 Å². The van der Waals surface area contributed by atoms with E-state index in [0.717, 1.165) is 23.5 Å². The first-order chi connectivity index (χ1) is 13.7. The molecule has 0 saturated carbocycles. The van der Waals surface area contributed by atoms with E-state index in [0.29, 0.717) is 29.0 Å².